The summed E-state index contributed by atoms with van der Waals surface area (Å²) < 4.78 is 16.1. The number of aromatic nitrogens is 1. The molecule has 2 aromatic carbocycles. The van der Waals surface area contributed by atoms with E-state index in [-0.39, 0.29) is 5.82 Å². The average Bonchev–Trinajstić information content (AvgIpc) is 2.78. The second-order valence-electron chi connectivity index (χ2n) is 4.69. The van der Waals surface area contributed by atoms with Crippen LogP contribution in [0.1, 0.15) is 11.1 Å². The topological polar surface area (TPSA) is 4.93 Å². The van der Waals surface area contributed by atoms with Gasteiger partial charge in [-0.25, -0.2) is 4.39 Å². The molecule has 0 amide bonds. The van der Waals surface area contributed by atoms with E-state index in [0.29, 0.717) is 0 Å². The Bertz CT molecular complexity index is 746. The van der Waals surface area contributed by atoms with Gasteiger partial charge in [0.25, 0.3) is 0 Å². The zero-order valence-corrected chi connectivity index (χ0v) is 12.1. The highest BCUT2D eigenvalue weighted by Crippen LogP contribution is 2.23. The Hall–Kier alpha value is -1.61. The van der Waals surface area contributed by atoms with Gasteiger partial charge >= 0.3 is 0 Å². The maximum atomic E-state index is 13.1. The minimum atomic E-state index is -0.219. The van der Waals surface area contributed by atoms with Crippen LogP contribution in [0.25, 0.3) is 10.9 Å². The van der Waals surface area contributed by atoms with Crippen molar-refractivity contribution in [1.29, 1.82) is 0 Å². The fraction of sp³-hybridized carbons (Fsp3) is 0.125. The SMILES string of the molecule is Cc1cccc2c1ccn2Cc1ccc(F)cc1Br. The lowest BCUT2D eigenvalue weighted by Gasteiger charge is -2.08. The predicted octanol–water partition coefficient (Wildman–Crippen LogP) is 4.90. The Kier molecular flexibility index (Phi) is 3.15. The largest absolute Gasteiger partial charge is 0.343 e. The molecule has 0 bridgehead atoms. The smallest absolute Gasteiger partial charge is 0.124 e. The van der Waals surface area contributed by atoms with Crippen LogP contribution in [0.3, 0.4) is 0 Å². The molecule has 0 saturated carbocycles. The van der Waals surface area contributed by atoms with Gasteiger partial charge in [0.15, 0.2) is 0 Å². The molecule has 3 aromatic rings. The first-order valence-corrected chi connectivity index (χ1v) is 6.93. The van der Waals surface area contributed by atoms with E-state index in [1.807, 2.05) is 6.07 Å². The van der Waals surface area contributed by atoms with Crippen molar-refractivity contribution >= 4 is 26.8 Å². The van der Waals surface area contributed by atoms with Gasteiger partial charge in [-0.2, -0.15) is 0 Å². The van der Waals surface area contributed by atoms with E-state index in [0.717, 1.165) is 16.6 Å². The summed E-state index contributed by atoms with van der Waals surface area (Å²) in [6.07, 6.45) is 2.08. The van der Waals surface area contributed by atoms with Crippen molar-refractivity contribution < 1.29 is 4.39 Å². The summed E-state index contributed by atoms with van der Waals surface area (Å²) in [5.74, 6) is -0.219. The second-order valence-corrected chi connectivity index (χ2v) is 5.54. The number of rotatable bonds is 2. The molecular weight excluding hydrogens is 305 g/mol. The fourth-order valence-corrected chi connectivity index (χ4v) is 2.82. The van der Waals surface area contributed by atoms with Gasteiger partial charge in [0.2, 0.25) is 0 Å². The first-order chi connectivity index (χ1) is 9.15. The van der Waals surface area contributed by atoms with Crippen molar-refractivity contribution in [3.63, 3.8) is 0 Å². The molecule has 3 rings (SSSR count). The third kappa shape index (κ3) is 2.30. The summed E-state index contributed by atoms with van der Waals surface area (Å²) in [6, 6.07) is 13.2. The van der Waals surface area contributed by atoms with E-state index in [1.54, 1.807) is 0 Å². The van der Waals surface area contributed by atoms with Crippen LogP contribution in [0.4, 0.5) is 4.39 Å². The molecule has 0 aliphatic heterocycles. The van der Waals surface area contributed by atoms with Crippen LogP contribution < -0.4 is 0 Å². The highest BCUT2D eigenvalue weighted by Gasteiger charge is 2.06. The van der Waals surface area contributed by atoms with Crippen LogP contribution in [-0.2, 0) is 6.54 Å². The molecule has 0 saturated heterocycles. The second kappa shape index (κ2) is 4.82. The van der Waals surface area contributed by atoms with E-state index in [9.17, 15) is 4.39 Å². The summed E-state index contributed by atoms with van der Waals surface area (Å²) >= 11 is 3.42. The molecule has 96 valence electrons. The van der Waals surface area contributed by atoms with Crippen LogP contribution in [0.5, 0.6) is 0 Å². The van der Waals surface area contributed by atoms with Crippen LogP contribution in [0.2, 0.25) is 0 Å². The molecule has 0 fully saturated rings. The molecule has 3 heteroatoms. The summed E-state index contributed by atoms with van der Waals surface area (Å²) in [4.78, 5) is 0. The first kappa shape index (κ1) is 12.4. The minimum absolute atomic E-state index is 0.219. The molecule has 0 radical (unpaired) electrons. The zero-order valence-electron chi connectivity index (χ0n) is 10.5. The molecule has 1 nitrogen and oxygen atoms in total. The lowest BCUT2D eigenvalue weighted by atomic mass is 10.1. The van der Waals surface area contributed by atoms with Crippen molar-refractivity contribution in [2.75, 3.05) is 0 Å². The quantitative estimate of drug-likeness (QED) is 0.633. The van der Waals surface area contributed by atoms with Gasteiger partial charge in [0.1, 0.15) is 5.82 Å². The summed E-state index contributed by atoms with van der Waals surface area (Å²) in [6.45, 7) is 2.84. The number of hydrogen-bond donors (Lipinski definition) is 0. The van der Waals surface area contributed by atoms with E-state index in [1.165, 1.54) is 28.6 Å². The van der Waals surface area contributed by atoms with Crippen LogP contribution in [0.15, 0.2) is 53.1 Å². The standard InChI is InChI=1S/C16H13BrFN/c1-11-3-2-4-16-14(11)7-8-19(16)10-12-5-6-13(18)9-15(12)17/h2-9H,10H2,1H3. The van der Waals surface area contributed by atoms with E-state index < -0.39 is 0 Å². The van der Waals surface area contributed by atoms with Gasteiger partial charge < -0.3 is 4.57 Å². The fourth-order valence-electron chi connectivity index (χ4n) is 2.35. The van der Waals surface area contributed by atoms with Crippen molar-refractivity contribution in [3.05, 3.63) is 70.1 Å². The third-order valence-corrected chi connectivity index (χ3v) is 4.13. The number of nitrogens with zero attached hydrogens (tertiary/aromatic N) is 1. The van der Waals surface area contributed by atoms with Gasteiger partial charge in [-0.1, -0.05) is 34.1 Å². The highest BCUT2D eigenvalue weighted by molar-refractivity contribution is 9.10. The number of aryl methyl sites for hydroxylation is 1. The lowest BCUT2D eigenvalue weighted by Crippen LogP contribution is -1.99. The van der Waals surface area contributed by atoms with Gasteiger partial charge in [0, 0.05) is 28.1 Å². The lowest BCUT2D eigenvalue weighted by molar-refractivity contribution is 0.625. The van der Waals surface area contributed by atoms with Crippen LogP contribution in [0, 0.1) is 12.7 Å². The Labute approximate surface area is 119 Å². The molecule has 0 spiro atoms. The van der Waals surface area contributed by atoms with Gasteiger partial charge in [-0.15, -0.1) is 0 Å². The van der Waals surface area contributed by atoms with Crippen molar-refractivity contribution in [2.45, 2.75) is 13.5 Å². The molecule has 0 aliphatic rings. The Morgan fingerprint density at radius 1 is 1.16 bits per heavy atom. The molecule has 19 heavy (non-hydrogen) atoms. The minimum Gasteiger partial charge on any atom is -0.343 e. The molecule has 1 aromatic heterocycles. The van der Waals surface area contributed by atoms with E-state index in [4.69, 9.17) is 0 Å². The highest BCUT2D eigenvalue weighted by atomic mass is 79.9. The first-order valence-electron chi connectivity index (χ1n) is 6.13. The number of fused-ring (bicyclic) bond motifs is 1. The van der Waals surface area contributed by atoms with E-state index in [2.05, 4.69) is 57.9 Å². The number of benzene rings is 2. The average molecular weight is 318 g/mol. The third-order valence-electron chi connectivity index (χ3n) is 3.39. The molecule has 0 unspecified atom stereocenters. The molecule has 0 atom stereocenters. The Morgan fingerprint density at radius 2 is 2.00 bits per heavy atom. The number of hydrogen-bond acceptors (Lipinski definition) is 0. The molecule has 1 heterocycles. The number of halogens is 2. The summed E-state index contributed by atoms with van der Waals surface area (Å²) in [5.41, 5.74) is 3.55. The van der Waals surface area contributed by atoms with Crippen molar-refractivity contribution in [2.24, 2.45) is 0 Å². The maximum absolute atomic E-state index is 13.1. The van der Waals surface area contributed by atoms with Gasteiger partial charge in [0.05, 0.1) is 0 Å². The molecular formula is C16H13BrFN. The summed E-state index contributed by atoms with van der Waals surface area (Å²) in [7, 11) is 0. The normalized spacial score (nSPS) is 11.1. The van der Waals surface area contributed by atoms with E-state index >= 15 is 0 Å². The zero-order chi connectivity index (χ0) is 13.4. The van der Waals surface area contributed by atoms with Crippen molar-refractivity contribution in [3.8, 4) is 0 Å². The Balaban J connectivity index is 2.04. The monoisotopic (exact) mass is 317 g/mol. The van der Waals surface area contributed by atoms with Crippen LogP contribution >= 0.6 is 15.9 Å². The summed E-state index contributed by atoms with van der Waals surface area (Å²) in [5, 5.41) is 1.26. The van der Waals surface area contributed by atoms with Crippen LogP contribution in [-0.4, -0.2) is 4.57 Å². The van der Waals surface area contributed by atoms with Crippen molar-refractivity contribution in [1.82, 2.24) is 4.57 Å². The molecule has 0 aliphatic carbocycles. The van der Waals surface area contributed by atoms with Gasteiger partial charge in [-0.05, 0) is 42.3 Å². The maximum Gasteiger partial charge on any atom is 0.124 e. The Morgan fingerprint density at radius 3 is 2.79 bits per heavy atom. The van der Waals surface area contributed by atoms with Gasteiger partial charge in [-0.3, -0.25) is 0 Å². The predicted molar refractivity (Wildman–Crippen MR) is 79.9 cm³/mol. The molecule has 0 N–H and O–H groups in total.